The molecule has 106 valence electrons. The van der Waals surface area contributed by atoms with Crippen LogP contribution in [0.5, 0.6) is 0 Å². The smallest absolute Gasteiger partial charge is 0.185 e. The normalized spacial score (nSPS) is 27.8. The summed E-state index contributed by atoms with van der Waals surface area (Å²) in [6.45, 7) is 5.85. The maximum atomic E-state index is 11.5. The van der Waals surface area contributed by atoms with E-state index in [0.29, 0.717) is 11.5 Å². The van der Waals surface area contributed by atoms with E-state index in [1.807, 2.05) is 6.20 Å². The Morgan fingerprint density at radius 3 is 2.58 bits per heavy atom. The number of sulfone groups is 1. The van der Waals surface area contributed by atoms with E-state index in [9.17, 15) is 8.42 Å². The highest BCUT2D eigenvalue weighted by Crippen LogP contribution is 2.25. The van der Waals surface area contributed by atoms with Crippen LogP contribution in [0, 0.1) is 6.92 Å². The molecule has 3 heterocycles. The quantitative estimate of drug-likeness (QED) is 0.807. The zero-order chi connectivity index (χ0) is 13.5. The van der Waals surface area contributed by atoms with Crippen molar-refractivity contribution >= 4 is 26.3 Å². The first-order chi connectivity index (χ1) is 9.03. The summed E-state index contributed by atoms with van der Waals surface area (Å²) in [6.07, 6.45) is 2.72. The van der Waals surface area contributed by atoms with E-state index in [1.54, 1.807) is 11.3 Å². The van der Waals surface area contributed by atoms with Crippen LogP contribution in [0.2, 0.25) is 0 Å². The molecule has 1 aromatic heterocycles. The van der Waals surface area contributed by atoms with Crippen LogP contribution in [0.4, 0.5) is 5.13 Å². The van der Waals surface area contributed by atoms with E-state index in [4.69, 9.17) is 0 Å². The lowest BCUT2D eigenvalue weighted by Gasteiger charge is -2.37. The average molecular weight is 301 g/mol. The van der Waals surface area contributed by atoms with Gasteiger partial charge in [0.25, 0.3) is 0 Å². The van der Waals surface area contributed by atoms with Gasteiger partial charge in [-0.3, -0.25) is 4.90 Å². The van der Waals surface area contributed by atoms with E-state index in [2.05, 4.69) is 21.7 Å². The number of piperazine rings is 1. The molecule has 0 N–H and O–H groups in total. The molecule has 2 aliphatic heterocycles. The third-order valence-corrected chi connectivity index (χ3v) is 6.64. The van der Waals surface area contributed by atoms with Crippen molar-refractivity contribution in [3.05, 3.63) is 11.1 Å². The number of hydrogen-bond acceptors (Lipinski definition) is 6. The predicted octanol–water partition coefficient (Wildman–Crippen LogP) is 0.761. The van der Waals surface area contributed by atoms with Crippen molar-refractivity contribution in [1.29, 1.82) is 0 Å². The number of rotatable bonds is 2. The minimum atomic E-state index is -2.77. The average Bonchev–Trinajstić information content (AvgIpc) is 2.96. The maximum Gasteiger partial charge on any atom is 0.185 e. The Hall–Kier alpha value is -0.660. The van der Waals surface area contributed by atoms with Gasteiger partial charge >= 0.3 is 0 Å². The first kappa shape index (κ1) is 13.3. The molecule has 3 rings (SSSR count). The van der Waals surface area contributed by atoms with Crippen LogP contribution in [0.1, 0.15) is 11.3 Å². The zero-order valence-electron chi connectivity index (χ0n) is 11.1. The first-order valence-corrected chi connectivity index (χ1v) is 9.29. The van der Waals surface area contributed by atoms with E-state index in [1.165, 1.54) is 4.88 Å². The summed E-state index contributed by atoms with van der Waals surface area (Å²) in [4.78, 5) is 10.3. The number of hydrogen-bond donors (Lipinski definition) is 0. The van der Waals surface area contributed by atoms with Crippen molar-refractivity contribution in [3.8, 4) is 0 Å². The second-order valence-corrected chi connectivity index (χ2v) is 8.78. The molecule has 0 radical (unpaired) electrons. The standard InChI is InChI=1S/C12H19N3O2S2/c1-10-8-13-12(18-10)15-5-3-14(4-6-15)11-2-7-19(16,17)9-11/h8,11H,2-7,9H2,1H3. The van der Waals surface area contributed by atoms with Gasteiger partial charge in [0.1, 0.15) is 0 Å². The molecular formula is C12H19N3O2S2. The summed E-state index contributed by atoms with van der Waals surface area (Å²) in [6, 6.07) is 0.241. The van der Waals surface area contributed by atoms with Crippen LogP contribution in [0.3, 0.4) is 0 Å². The van der Waals surface area contributed by atoms with Gasteiger partial charge in [0.2, 0.25) is 0 Å². The van der Waals surface area contributed by atoms with Gasteiger partial charge in [0.05, 0.1) is 11.5 Å². The van der Waals surface area contributed by atoms with Crippen LogP contribution in [0.15, 0.2) is 6.20 Å². The minimum Gasteiger partial charge on any atom is -0.346 e. The lowest BCUT2D eigenvalue weighted by molar-refractivity contribution is 0.200. The summed E-state index contributed by atoms with van der Waals surface area (Å²) in [5.41, 5.74) is 0. The maximum absolute atomic E-state index is 11.5. The Kier molecular flexibility index (Phi) is 3.53. The summed E-state index contributed by atoms with van der Waals surface area (Å²) >= 11 is 1.73. The van der Waals surface area contributed by atoms with Gasteiger partial charge in [0, 0.05) is 43.3 Å². The predicted molar refractivity (Wildman–Crippen MR) is 77.7 cm³/mol. The molecule has 1 unspecified atom stereocenters. The molecule has 2 aliphatic rings. The fourth-order valence-electron chi connectivity index (χ4n) is 2.83. The summed E-state index contributed by atoms with van der Waals surface area (Å²) in [7, 11) is -2.77. The van der Waals surface area contributed by atoms with E-state index in [-0.39, 0.29) is 6.04 Å². The third-order valence-electron chi connectivity index (χ3n) is 3.92. The number of aromatic nitrogens is 1. The molecule has 1 aromatic rings. The molecule has 5 nitrogen and oxygen atoms in total. The van der Waals surface area contributed by atoms with Crippen LogP contribution in [0.25, 0.3) is 0 Å². The van der Waals surface area contributed by atoms with E-state index >= 15 is 0 Å². The summed E-state index contributed by atoms with van der Waals surface area (Å²) in [5.74, 6) is 0.715. The Balaban J connectivity index is 1.58. The lowest BCUT2D eigenvalue weighted by Crippen LogP contribution is -2.50. The summed E-state index contributed by atoms with van der Waals surface area (Å²) in [5, 5.41) is 1.09. The van der Waals surface area contributed by atoms with Gasteiger partial charge in [0.15, 0.2) is 15.0 Å². The largest absolute Gasteiger partial charge is 0.346 e. The highest BCUT2D eigenvalue weighted by atomic mass is 32.2. The number of nitrogens with zero attached hydrogens (tertiary/aromatic N) is 3. The van der Waals surface area contributed by atoms with Crippen LogP contribution in [-0.4, -0.2) is 62.0 Å². The molecule has 0 aromatic carbocycles. The highest BCUT2D eigenvalue weighted by molar-refractivity contribution is 7.91. The Labute approximate surface area is 118 Å². The first-order valence-electron chi connectivity index (χ1n) is 6.65. The van der Waals surface area contributed by atoms with Gasteiger partial charge in [-0.1, -0.05) is 0 Å². The SMILES string of the molecule is Cc1cnc(N2CCN(C3CCS(=O)(=O)C3)CC2)s1. The van der Waals surface area contributed by atoms with Crippen LogP contribution >= 0.6 is 11.3 Å². The van der Waals surface area contributed by atoms with Crippen molar-refractivity contribution in [2.45, 2.75) is 19.4 Å². The molecule has 0 bridgehead atoms. The molecule has 7 heteroatoms. The van der Waals surface area contributed by atoms with Crippen molar-refractivity contribution < 1.29 is 8.42 Å². The number of anilines is 1. The Bertz CT molecular complexity index is 547. The van der Waals surface area contributed by atoms with E-state index in [0.717, 1.165) is 37.7 Å². The monoisotopic (exact) mass is 301 g/mol. The lowest BCUT2D eigenvalue weighted by atomic mass is 10.2. The van der Waals surface area contributed by atoms with Gasteiger partial charge in [-0.15, -0.1) is 11.3 Å². The van der Waals surface area contributed by atoms with Gasteiger partial charge in [-0.2, -0.15) is 0 Å². The van der Waals surface area contributed by atoms with Crippen molar-refractivity contribution in [2.24, 2.45) is 0 Å². The molecule has 0 amide bonds. The minimum absolute atomic E-state index is 0.241. The van der Waals surface area contributed by atoms with Gasteiger partial charge < -0.3 is 4.90 Å². The number of thiazole rings is 1. The van der Waals surface area contributed by atoms with Crippen molar-refractivity contribution in [2.75, 3.05) is 42.6 Å². The van der Waals surface area contributed by atoms with Crippen LogP contribution < -0.4 is 4.90 Å². The molecule has 0 spiro atoms. The second kappa shape index (κ2) is 5.03. The van der Waals surface area contributed by atoms with Gasteiger partial charge in [-0.05, 0) is 13.3 Å². The molecule has 19 heavy (non-hydrogen) atoms. The molecule has 0 aliphatic carbocycles. The third kappa shape index (κ3) is 2.93. The molecule has 2 fully saturated rings. The molecule has 1 atom stereocenters. The van der Waals surface area contributed by atoms with Gasteiger partial charge in [-0.25, -0.2) is 13.4 Å². The fourth-order valence-corrected chi connectivity index (χ4v) is 5.40. The molecule has 0 saturated carbocycles. The summed E-state index contributed by atoms with van der Waals surface area (Å²) < 4.78 is 23.1. The topological polar surface area (TPSA) is 53.5 Å². The Morgan fingerprint density at radius 2 is 2.05 bits per heavy atom. The van der Waals surface area contributed by atoms with E-state index < -0.39 is 9.84 Å². The molecule has 2 saturated heterocycles. The Morgan fingerprint density at radius 1 is 1.32 bits per heavy atom. The fraction of sp³-hybridized carbons (Fsp3) is 0.750. The number of aryl methyl sites for hydroxylation is 1. The van der Waals surface area contributed by atoms with Crippen molar-refractivity contribution in [1.82, 2.24) is 9.88 Å². The second-order valence-electron chi connectivity index (χ2n) is 5.33. The molecular weight excluding hydrogens is 282 g/mol. The zero-order valence-corrected chi connectivity index (χ0v) is 12.7. The van der Waals surface area contributed by atoms with Crippen molar-refractivity contribution in [3.63, 3.8) is 0 Å². The van der Waals surface area contributed by atoms with Crippen LogP contribution in [-0.2, 0) is 9.84 Å². The highest BCUT2D eigenvalue weighted by Gasteiger charge is 2.33.